The summed E-state index contributed by atoms with van der Waals surface area (Å²) in [6.45, 7) is 5.53. The molecular formula is C13H16N2O2S2. The molecule has 0 spiro atoms. The van der Waals surface area contributed by atoms with Crippen molar-refractivity contribution in [3.05, 3.63) is 41.1 Å². The Morgan fingerprint density at radius 3 is 2.21 bits per heavy atom. The minimum atomic E-state index is -3.53. The highest BCUT2D eigenvalue weighted by molar-refractivity contribution is 7.98. The minimum absolute atomic E-state index is 0.265. The smallest absolute Gasteiger partial charge is 0.217 e. The van der Waals surface area contributed by atoms with Crippen molar-refractivity contribution in [1.29, 1.82) is 0 Å². The van der Waals surface area contributed by atoms with E-state index < -0.39 is 9.84 Å². The zero-order valence-electron chi connectivity index (χ0n) is 11.3. The number of aromatic nitrogens is 2. The van der Waals surface area contributed by atoms with Gasteiger partial charge < -0.3 is 0 Å². The van der Waals surface area contributed by atoms with Gasteiger partial charge in [0.15, 0.2) is 5.03 Å². The van der Waals surface area contributed by atoms with Gasteiger partial charge in [-0.1, -0.05) is 17.7 Å². The molecule has 0 amide bonds. The summed E-state index contributed by atoms with van der Waals surface area (Å²) in [6, 6.07) is 6.87. The van der Waals surface area contributed by atoms with Crippen molar-refractivity contribution < 1.29 is 8.42 Å². The SMILES string of the molecule is CSn1nc(C)c(C)c1S(=O)(=O)c1ccc(C)cc1. The molecule has 2 rings (SSSR count). The molecule has 1 aromatic heterocycles. The van der Waals surface area contributed by atoms with Crippen LogP contribution in [0.5, 0.6) is 0 Å². The summed E-state index contributed by atoms with van der Waals surface area (Å²) in [4.78, 5) is 0.302. The van der Waals surface area contributed by atoms with Crippen molar-refractivity contribution in [3.8, 4) is 0 Å². The van der Waals surface area contributed by atoms with Gasteiger partial charge in [0, 0.05) is 11.8 Å². The Hall–Kier alpha value is -1.27. The van der Waals surface area contributed by atoms with Crippen molar-refractivity contribution in [3.63, 3.8) is 0 Å². The first kappa shape index (κ1) is 14.1. The first-order chi connectivity index (χ1) is 8.87. The highest BCUT2D eigenvalue weighted by Gasteiger charge is 2.26. The van der Waals surface area contributed by atoms with Gasteiger partial charge in [-0.2, -0.15) is 9.19 Å². The number of hydrogen-bond acceptors (Lipinski definition) is 4. The molecule has 6 heteroatoms. The van der Waals surface area contributed by atoms with Crippen LogP contribution in [0.4, 0.5) is 0 Å². The molecule has 4 nitrogen and oxygen atoms in total. The molecule has 2 aromatic rings. The fourth-order valence-electron chi connectivity index (χ4n) is 1.81. The maximum atomic E-state index is 12.7. The van der Waals surface area contributed by atoms with Crippen molar-refractivity contribution in [2.24, 2.45) is 0 Å². The first-order valence-corrected chi connectivity index (χ1v) is 8.47. The molecule has 19 heavy (non-hydrogen) atoms. The lowest BCUT2D eigenvalue weighted by Gasteiger charge is -2.07. The van der Waals surface area contributed by atoms with E-state index in [0.29, 0.717) is 10.5 Å². The summed E-state index contributed by atoms with van der Waals surface area (Å²) < 4.78 is 26.8. The Morgan fingerprint density at radius 1 is 1.11 bits per heavy atom. The molecule has 1 aromatic carbocycles. The largest absolute Gasteiger partial charge is 0.224 e. The van der Waals surface area contributed by atoms with Gasteiger partial charge in [0.05, 0.1) is 10.6 Å². The molecule has 0 aliphatic rings. The van der Waals surface area contributed by atoms with Crippen molar-refractivity contribution in [2.45, 2.75) is 30.7 Å². The monoisotopic (exact) mass is 296 g/mol. The van der Waals surface area contributed by atoms with Crippen molar-refractivity contribution in [1.82, 2.24) is 9.19 Å². The summed E-state index contributed by atoms with van der Waals surface area (Å²) in [6.07, 6.45) is 1.81. The summed E-state index contributed by atoms with van der Waals surface area (Å²) in [5, 5.41) is 4.50. The van der Waals surface area contributed by atoms with Crippen LogP contribution >= 0.6 is 11.9 Å². The van der Waals surface area contributed by atoms with Crippen LogP contribution in [0, 0.1) is 20.8 Å². The second kappa shape index (κ2) is 5.02. The summed E-state index contributed by atoms with van der Waals surface area (Å²) in [7, 11) is -3.53. The predicted octanol–water partition coefficient (Wildman–Crippen LogP) is 2.77. The fraction of sp³-hybridized carbons (Fsp3) is 0.308. The molecule has 0 radical (unpaired) electrons. The van der Waals surface area contributed by atoms with Gasteiger partial charge in [-0.05, 0) is 44.9 Å². The molecule has 0 N–H and O–H groups in total. The van der Waals surface area contributed by atoms with Crippen LogP contribution in [0.25, 0.3) is 0 Å². The van der Waals surface area contributed by atoms with Crippen LogP contribution in [0.3, 0.4) is 0 Å². The third-order valence-corrected chi connectivity index (χ3v) is 5.64. The number of hydrogen-bond donors (Lipinski definition) is 0. The third-order valence-electron chi connectivity index (χ3n) is 3.04. The second-order valence-electron chi connectivity index (χ2n) is 4.39. The Labute approximate surface area is 117 Å². The average molecular weight is 296 g/mol. The van der Waals surface area contributed by atoms with E-state index in [1.807, 2.05) is 13.8 Å². The van der Waals surface area contributed by atoms with E-state index in [-0.39, 0.29) is 5.03 Å². The average Bonchev–Trinajstić information content (AvgIpc) is 2.66. The lowest BCUT2D eigenvalue weighted by Crippen LogP contribution is -2.08. The van der Waals surface area contributed by atoms with Crippen molar-refractivity contribution >= 4 is 21.8 Å². The van der Waals surface area contributed by atoms with Crippen LogP contribution in [0.15, 0.2) is 34.2 Å². The summed E-state index contributed by atoms with van der Waals surface area (Å²) in [5.74, 6) is 0. The van der Waals surface area contributed by atoms with E-state index in [1.54, 1.807) is 37.4 Å². The first-order valence-electron chi connectivity index (χ1n) is 5.80. The molecule has 0 saturated carbocycles. The number of aryl methyl sites for hydroxylation is 2. The van der Waals surface area contributed by atoms with Crippen LogP contribution in [-0.4, -0.2) is 23.9 Å². The fourth-order valence-corrected chi connectivity index (χ4v) is 4.35. The molecule has 0 saturated heterocycles. The molecule has 1 heterocycles. The summed E-state index contributed by atoms with van der Waals surface area (Å²) in [5.41, 5.74) is 2.47. The van der Waals surface area contributed by atoms with Gasteiger partial charge in [-0.15, -0.1) is 0 Å². The Morgan fingerprint density at radius 2 is 1.68 bits per heavy atom. The number of nitrogens with zero attached hydrogens (tertiary/aromatic N) is 2. The molecule has 0 atom stereocenters. The predicted molar refractivity (Wildman–Crippen MR) is 77.2 cm³/mol. The maximum Gasteiger partial charge on any atom is 0.224 e. The van der Waals surface area contributed by atoms with Gasteiger partial charge in [-0.3, -0.25) is 0 Å². The molecule has 0 aliphatic carbocycles. The lowest BCUT2D eigenvalue weighted by molar-refractivity contribution is 0.589. The van der Waals surface area contributed by atoms with E-state index in [4.69, 9.17) is 0 Å². The van der Waals surface area contributed by atoms with E-state index in [1.165, 1.54) is 16.0 Å². The van der Waals surface area contributed by atoms with Gasteiger partial charge >= 0.3 is 0 Å². The maximum absolute atomic E-state index is 12.7. The topological polar surface area (TPSA) is 52.0 Å². The van der Waals surface area contributed by atoms with E-state index in [2.05, 4.69) is 5.10 Å². The second-order valence-corrected chi connectivity index (χ2v) is 6.96. The Kier molecular flexibility index (Phi) is 3.73. The molecule has 0 aliphatic heterocycles. The lowest BCUT2D eigenvalue weighted by atomic mass is 10.2. The Balaban J connectivity index is 2.66. The third kappa shape index (κ3) is 2.42. The van der Waals surface area contributed by atoms with Crippen LogP contribution in [-0.2, 0) is 9.84 Å². The van der Waals surface area contributed by atoms with E-state index in [9.17, 15) is 8.42 Å². The summed E-state index contributed by atoms with van der Waals surface area (Å²) >= 11 is 1.28. The van der Waals surface area contributed by atoms with Crippen LogP contribution < -0.4 is 0 Å². The molecule has 102 valence electrons. The number of sulfone groups is 1. The number of rotatable bonds is 3. The molecule has 0 unspecified atom stereocenters. The van der Waals surface area contributed by atoms with Gasteiger partial charge in [0.1, 0.15) is 0 Å². The van der Waals surface area contributed by atoms with Gasteiger partial charge in [0.25, 0.3) is 0 Å². The van der Waals surface area contributed by atoms with Crippen LogP contribution in [0.2, 0.25) is 0 Å². The highest BCUT2D eigenvalue weighted by Crippen LogP contribution is 2.27. The normalized spacial score (nSPS) is 11.8. The zero-order chi connectivity index (χ0) is 14.2. The molecule has 0 fully saturated rings. The van der Waals surface area contributed by atoms with Crippen molar-refractivity contribution in [2.75, 3.05) is 6.26 Å². The highest BCUT2D eigenvalue weighted by atomic mass is 32.2. The number of benzene rings is 1. The minimum Gasteiger partial charge on any atom is -0.217 e. The van der Waals surface area contributed by atoms with Crippen LogP contribution in [0.1, 0.15) is 16.8 Å². The molecular weight excluding hydrogens is 280 g/mol. The van der Waals surface area contributed by atoms with E-state index >= 15 is 0 Å². The Bertz CT molecular complexity index is 701. The van der Waals surface area contributed by atoms with E-state index in [0.717, 1.165) is 11.3 Å². The van der Waals surface area contributed by atoms with Gasteiger partial charge in [0.2, 0.25) is 9.84 Å². The zero-order valence-corrected chi connectivity index (χ0v) is 13.0. The standard InChI is InChI=1S/C13H16N2O2S2/c1-9-5-7-12(8-6-9)19(16,17)13-10(2)11(3)14-15(13)18-4/h5-8H,1-4H3. The molecule has 0 bridgehead atoms. The van der Waals surface area contributed by atoms with Gasteiger partial charge in [-0.25, -0.2) is 8.42 Å². The quantitative estimate of drug-likeness (QED) is 0.874.